The SMILES string of the molecule is C1=CCC(c2nc3ccc(-c4ccc5c(ccc6ccc7c8ccccc8ccc7c65)c4)cc3nc2-c2ccccc2)C=C1. The highest BCUT2D eigenvalue weighted by Gasteiger charge is 2.19. The fourth-order valence-corrected chi connectivity index (χ4v) is 6.93. The smallest absolute Gasteiger partial charge is 0.0931 e. The minimum Gasteiger partial charge on any atom is -0.248 e. The van der Waals surface area contributed by atoms with E-state index in [1.54, 1.807) is 0 Å². The summed E-state index contributed by atoms with van der Waals surface area (Å²) in [5.41, 5.74) is 7.26. The van der Waals surface area contributed by atoms with Crippen molar-refractivity contribution in [3.63, 3.8) is 0 Å². The van der Waals surface area contributed by atoms with Crippen LogP contribution in [0.15, 0.2) is 152 Å². The molecule has 2 heteroatoms. The van der Waals surface area contributed by atoms with Crippen molar-refractivity contribution in [3.8, 4) is 22.4 Å². The van der Waals surface area contributed by atoms with Gasteiger partial charge in [-0.25, -0.2) is 9.97 Å². The molecule has 206 valence electrons. The van der Waals surface area contributed by atoms with E-state index < -0.39 is 0 Å². The number of nitrogens with zero attached hydrogens (tertiary/aromatic N) is 2. The van der Waals surface area contributed by atoms with Gasteiger partial charge in [-0.2, -0.15) is 0 Å². The van der Waals surface area contributed by atoms with Crippen LogP contribution in [0.4, 0.5) is 0 Å². The Labute approximate surface area is 255 Å². The lowest BCUT2D eigenvalue weighted by molar-refractivity contribution is 0.818. The number of hydrogen-bond acceptors (Lipinski definition) is 2. The van der Waals surface area contributed by atoms with E-state index in [1.165, 1.54) is 48.7 Å². The van der Waals surface area contributed by atoms with Crippen molar-refractivity contribution >= 4 is 54.1 Å². The molecule has 0 aliphatic heterocycles. The molecule has 0 fully saturated rings. The van der Waals surface area contributed by atoms with Gasteiger partial charge in [0.1, 0.15) is 0 Å². The molecule has 0 saturated heterocycles. The predicted molar refractivity (Wildman–Crippen MR) is 186 cm³/mol. The van der Waals surface area contributed by atoms with Gasteiger partial charge in [-0.3, -0.25) is 0 Å². The minimum absolute atomic E-state index is 0.219. The van der Waals surface area contributed by atoms with Gasteiger partial charge in [-0.15, -0.1) is 0 Å². The summed E-state index contributed by atoms with van der Waals surface area (Å²) in [6, 6.07) is 46.0. The molecule has 0 spiro atoms. The Kier molecular flexibility index (Phi) is 5.67. The molecule has 7 aromatic carbocycles. The number of benzene rings is 7. The van der Waals surface area contributed by atoms with Gasteiger partial charge in [0.2, 0.25) is 0 Å². The molecule has 0 bridgehead atoms. The van der Waals surface area contributed by atoms with E-state index in [9.17, 15) is 0 Å². The first-order chi connectivity index (χ1) is 21.8. The normalized spacial score (nSPS) is 14.8. The second-order valence-corrected chi connectivity index (χ2v) is 11.7. The number of fused-ring (bicyclic) bond motifs is 8. The van der Waals surface area contributed by atoms with Crippen LogP contribution in [0.25, 0.3) is 76.5 Å². The molecule has 1 heterocycles. The summed E-state index contributed by atoms with van der Waals surface area (Å²) in [6.07, 6.45) is 9.61. The molecule has 8 aromatic rings. The van der Waals surface area contributed by atoms with Crippen molar-refractivity contribution in [2.75, 3.05) is 0 Å². The Morgan fingerprint density at radius 3 is 2.14 bits per heavy atom. The minimum atomic E-state index is 0.219. The summed E-state index contributed by atoms with van der Waals surface area (Å²) in [7, 11) is 0. The quantitative estimate of drug-likeness (QED) is 0.201. The second kappa shape index (κ2) is 10.00. The fraction of sp³-hybridized carbons (Fsp3) is 0.0476. The third kappa shape index (κ3) is 4.03. The molecule has 0 N–H and O–H groups in total. The number of hydrogen-bond donors (Lipinski definition) is 0. The molecule has 0 saturated carbocycles. The average molecular weight is 561 g/mol. The van der Waals surface area contributed by atoms with Gasteiger partial charge >= 0.3 is 0 Å². The van der Waals surface area contributed by atoms with Crippen molar-refractivity contribution < 1.29 is 0 Å². The molecule has 1 atom stereocenters. The van der Waals surface area contributed by atoms with Gasteiger partial charge in [-0.1, -0.05) is 133 Å². The average Bonchev–Trinajstić information content (AvgIpc) is 3.10. The first kappa shape index (κ1) is 24.9. The standard InChI is InChI=1S/C42H28N2/c1-3-10-29(11-4-1)41-42(30-12-5-2-6-13-30)44-39-26-32(20-24-38(39)43-41)31-19-21-35-33(25-31)16-15-28-18-22-36-34-14-8-7-9-27(34)17-23-37(36)40(28)35/h1-10,12-26,29H,11H2. The van der Waals surface area contributed by atoms with Crippen LogP contribution in [0.2, 0.25) is 0 Å². The topological polar surface area (TPSA) is 25.8 Å². The molecule has 0 radical (unpaired) electrons. The molecule has 1 aliphatic carbocycles. The molecule has 1 unspecified atom stereocenters. The Bertz CT molecular complexity index is 2470. The fourth-order valence-electron chi connectivity index (χ4n) is 6.93. The monoisotopic (exact) mass is 560 g/mol. The van der Waals surface area contributed by atoms with Gasteiger partial charge in [0.05, 0.1) is 22.4 Å². The van der Waals surface area contributed by atoms with Gasteiger partial charge < -0.3 is 0 Å². The van der Waals surface area contributed by atoms with Crippen LogP contribution in [0, 0.1) is 0 Å². The first-order valence-electron chi connectivity index (χ1n) is 15.3. The molecule has 1 aliphatic rings. The Morgan fingerprint density at radius 2 is 1.23 bits per heavy atom. The van der Waals surface area contributed by atoms with E-state index in [0.29, 0.717) is 0 Å². The summed E-state index contributed by atoms with van der Waals surface area (Å²) in [4.78, 5) is 10.4. The maximum absolute atomic E-state index is 5.25. The van der Waals surface area contributed by atoms with Crippen LogP contribution in [0.3, 0.4) is 0 Å². The van der Waals surface area contributed by atoms with Crippen LogP contribution in [0.5, 0.6) is 0 Å². The molecule has 9 rings (SSSR count). The van der Waals surface area contributed by atoms with E-state index in [1.807, 2.05) is 6.07 Å². The van der Waals surface area contributed by atoms with Gasteiger partial charge in [0.15, 0.2) is 0 Å². The van der Waals surface area contributed by atoms with E-state index in [0.717, 1.165) is 40.0 Å². The zero-order chi connectivity index (χ0) is 29.0. The zero-order valence-electron chi connectivity index (χ0n) is 24.1. The van der Waals surface area contributed by atoms with E-state index in [-0.39, 0.29) is 5.92 Å². The molecule has 44 heavy (non-hydrogen) atoms. The molecule has 1 aromatic heterocycles. The van der Waals surface area contributed by atoms with Crippen LogP contribution in [-0.4, -0.2) is 9.97 Å². The first-order valence-corrected chi connectivity index (χ1v) is 15.3. The maximum Gasteiger partial charge on any atom is 0.0931 e. The van der Waals surface area contributed by atoms with Crippen LogP contribution >= 0.6 is 0 Å². The van der Waals surface area contributed by atoms with Crippen LogP contribution < -0.4 is 0 Å². The summed E-state index contributed by atoms with van der Waals surface area (Å²) >= 11 is 0. The highest BCUT2D eigenvalue weighted by Crippen LogP contribution is 2.38. The molecule has 0 amide bonds. The van der Waals surface area contributed by atoms with Gasteiger partial charge in [0, 0.05) is 11.5 Å². The third-order valence-electron chi connectivity index (χ3n) is 9.13. The Hall–Kier alpha value is -5.60. The predicted octanol–water partition coefficient (Wildman–Crippen LogP) is 11.2. The highest BCUT2D eigenvalue weighted by molar-refractivity contribution is 6.24. The number of rotatable bonds is 3. The summed E-state index contributed by atoms with van der Waals surface area (Å²) in [5.74, 6) is 0.219. The Balaban J connectivity index is 1.20. The zero-order valence-corrected chi connectivity index (χ0v) is 24.1. The van der Waals surface area contributed by atoms with Crippen molar-refractivity contribution in [1.29, 1.82) is 0 Å². The summed E-state index contributed by atoms with van der Waals surface area (Å²) in [5, 5.41) is 10.3. The maximum atomic E-state index is 5.25. The van der Waals surface area contributed by atoms with Crippen LogP contribution in [0.1, 0.15) is 18.0 Å². The summed E-state index contributed by atoms with van der Waals surface area (Å²) < 4.78 is 0. The van der Waals surface area contributed by atoms with Crippen molar-refractivity contribution in [2.24, 2.45) is 0 Å². The van der Waals surface area contributed by atoms with Crippen molar-refractivity contribution in [3.05, 3.63) is 157 Å². The van der Waals surface area contributed by atoms with Gasteiger partial charge in [-0.05, 0) is 78.8 Å². The third-order valence-corrected chi connectivity index (χ3v) is 9.13. The summed E-state index contributed by atoms with van der Waals surface area (Å²) in [6.45, 7) is 0. The van der Waals surface area contributed by atoms with Crippen molar-refractivity contribution in [1.82, 2.24) is 9.97 Å². The Morgan fingerprint density at radius 1 is 0.477 bits per heavy atom. The lowest BCUT2D eigenvalue weighted by Gasteiger charge is -2.17. The highest BCUT2D eigenvalue weighted by atomic mass is 14.8. The molecular weight excluding hydrogens is 532 g/mol. The molecular formula is C42H28N2. The van der Waals surface area contributed by atoms with E-state index in [2.05, 4.69) is 146 Å². The number of allylic oxidation sites excluding steroid dienone is 4. The number of aromatic nitrogens is 2. The van der Waals surface area contributed by atoms with Crippen LogP contribution in [-0.2, 0) is 0 Å². The largest absolute Gasteiger partial charge is 0.248 e. The van der Waals surface area contributed by atoms with Gasteiger partial charge in [0.25, 0.3) is 0 Å². The van der Waals surface area contributed by atoms with E-state index in [4.69, 9.17) is 9.97 Å². The lowest BCUT2D eigenvalue weighted by atomic mass is 9.92. The molecule has 2 nitrogen and oxygen atoms in total. The van der Waals surface area contributed by atoms with Crippen molar-refractivity contribution in [2.45, 2.75) is 12.3 Å². The lowest BCUT2D eigenvalue weighted by Crippen LogP contribution is -2.05. The van der Waals surface area contributed by atoms with E-state index >= 15 is 0 Å². The second-order valence-electron chi connectivity index (χ2n) is 11.7.